The van der Waals surface area contributed by atoms with E-state index in [1.54, 1.807) is 11.3 Å². The van der Waals surface area contributed by atoms with Gasteiger partial charge in [0.1, 0.15) is 0 Å². The lowest BCUT2D eigenvalue weighted by atomic mass is 10.2. The summed E-state index contributed by atoms with van der Waals surface area (Å²) >= 11 is 1.70. The Morgan fingerprint density at radius 2 is 2.00 bits per heavy atom. The number of carbonyl (C=O) groups is 1. The maximum atomic E-state index is 12.0. The first-order valence-corrected chi connectivity index (χ1v) is 9.71. The van der Waals surface area contributed by atoms with Gasteiger partial charge in [-0.3, -0.25) is 4.90 Å². The molecule has 0 aliphatic carbocycles. The molecule has 0 radical (unpaired) electrons. The van der Waals surface area contributed by atoms with Gasteiger partial charge in [0.05, 0.1) is 10.7 Å². The Kier molecular flexibility index (Phi) is 7.45. The van der Waals surface area contributed by atoms with Crippen molar-refractivity contribution in [3.8, 4) is 0 Å². The summed E-state index contributed by atoms with van der Waals surface area (Å²) in [6.07, 6.45) is 0.781. The number of likely N-dealkylation sites (N-methyl/N-ethyl adjacent to an activating group) is 1. The standard InChI is InChI=1S/C17H31N5OS/c1-13(2)16-20-15(12-24-16)5-6-18-17(23)19-14(3)11-22-9-7-21(4)8-10-22/h12-14H,5-11H2,1-4H3,(H2,18,19,23). The number of hydrogen-bond acceptors (Lipinski definition) is 5. The first-order valence-electron chi connectivity index (χ1n) is 8.83. The quantitative estimate of drug-likeness (QED) is 0.784. The van der Waals surface area contributed by atoms with Gasteiger partial charge in [-0.1, -0.05) is 13.8 Å². The Balaban J connectivity index is 1.61. The van der Waals surface area contributed by atoms with Crippen LogP contribution in [0.1, 0.15) is 37.4 Å². The lowest BCUT2D eigenvalue weighted by molar-refractivity contribution is 0.144. The molecular formula is C17H31N5OS. The highest BCUT2D eigenvalue weighted by atomic mass is 32.1. The second-order valence-electron chi connectivity index (χ2n) is 6.99. The zero-order chi connectivity index (χ0) is 17.5. The van der Waals surface area contributed by atoms with Crippen LogP contribution in [-0.2, 0) is 6.42 Å². The molecule has 136 valence electrons. The zero-order valence-corrected chi connectivity index (χ0v) is 16.2. The van der Waals surface area contributed by atoms with Crippen molar-refractivity contribution in [1.29, 1.82) is 0 Å². The molecule has 1 aliphatic rings. The van der Waals surface area contributed by atoms with Crippen molar-refractivity contribution in [3.63, 3.8) is 0 Å². The molecule has 1 atom stereocenters. The normalized spacial score (nSPS) is 17.9. The molecule has 0 saturated carbocycles. The Labute approximate surface area is 149 Å². The summed E-state index contributed by atoms with van der Waals surface area (Å²) in [4.78, 5) is 21.3. The summed E-state index contributed by atoms with van der Waals surface area (Å²) in [5.74, 6) is 0.468. The molecule has 24 heavy (non-hydrogen) atoms. The smallest absolute Gasteiger partial charge is 0.315 e. The number of thiazole rings is 1. The molecule has 0 aromatic carbocycles. The van der Waals surface area contributed by atoms with E-state index < -0.39 is 0 Å². The molecule has 1 saturated heterocycles. The van der Waals surface area contributed by atoms with Gasteiger partial charge in [0.25, 0.3) is 0 Å². The highest BCUT2D eigenvalue weighted by Gasteiger charge is 2.17. The Morgan fingerprint density at radius 3 is 2.62 bits per heavy atom. The molecule has 2 N–H and O–H groups in total. The summed E-state index contributed by atoms with van der Waals surface area (Å²) < 4.78 is 0. The van der Waals surface area contributed by atoms with E-state index in [0.717, 1.165) is 49.8 Å². The molecular weight excluding hydrogens is 322 g/mol. The van der Waals surface area contributed by atoms with Gasteiger partial charge in [0.2, 0.25) is 0 Å². The second-order valence-corrected chi connectivity index (χ2v) is 7.88. The minimum absolute atomic E-state index is 0.0871. The maximum absolute atomic E-state index is 12.0. The number of hydrogen-bond donors (Lipinski definition) is 2. The van der Waals surface area contributed by atoms with Gasteiger partial charge in [-0.2, -0.15) is 0 Å². The van der Waals surface area contributed by atoms with Gasteiger partial charge in [-0.05, 0) is 14.0 Å². The van der Waals surface area contributed by atoms with Crippen LogP contribution >= 0.6 is 11.3 Å². The molecule has 1 aromatic rings. The Bertz CT molecular complexity index is 511. The van der Waals surface area contributed by atoms with E-state index >= 15 is 0 Å². The number of nitrogens with zero attached hydrogens (tertiary/aromatic N) is 3. The van der Waals surface area contributed by atoms with Crippen LogP contribution in [0, 0.1) is 0 Å². The third-order valence-corrected chi connectivity index (χ3v) is 5.43. The van der Waals surface area contributed by atoms with Crippen molar-refractivity contribution in [2.75, 3.05) is 46.3 Å². The van der Waals surface area contributed by atoms with Crippen LogP contribution in [0.15, 0.2) is 5.38 Å². The molecule has 1 aromatic heterocycles. The maximum Gasteiger partial charge on any atom is 0.315 e. The van der Waals surface area contributed by atoms with Crippen LogP contribution in [0.25, 0.3) is 0 Å². The largest absolute Gasteiger partial charge is 0.338 e. The van der Waals surface area contributed by atoms with Crippen LogP contribution in [0.4, 0.5) is 4.79 Å². The highest BCUT2D eigenvalue weighted by Crippen LogP contribution is 2.19. The summed E-state index contributed by atoms with van der Waals surface area (Å²) in [6.45, 7) is 12.2. The molecule has 2 rings (SSSR count). The molecule has 0 spiro atoms. The van der Waals surface area contributed by atoms with E-state index in [-0.39, 0.29) is 12.1 Å². The number of aromatic nitrogens is 1. The van der Waals surface area contributed by atoms with E-state index in [2.05, 4.69) is 58.6 Å². The predicted octanol–water partition coefficient (Wildman–Crippen LogP) is 1.74. The molecule has 2 amide bonds. The van der Waals surface area contributed by atoms with Crippen LogP contribution in [0.3, 0.4) is 0 Å². The monoisotopic (exact) mass is 353 g/mol. The van der Waals surface area contributed by atoms with E-state index in [9.17, 15) is 4.79 Å². The average Bonchev–Trinajstić information content (AvgIpc) is 2.98. The number of nitrogens with one attached hydrogen (secondary N) is 2. The van der Waals surface area contributed by atoms with E-state index in [1.807, 2.05) is 0 Å². The lowest BCUT2D eigenvalue weighted by Gasteiger charge is -2.34. The molecule has 6 nitrogen and oxygen atoms in total. The number of rotatable bonds is 7. The summed E-state index contributed by atoms with van der Waals surface area (Å²) in [5, 5.41) is 9.21. The van der Waals surface area contributed by atoms with Crippen LogP contribution in [0.5, 0.6) is 0 Å². The van der Waals surface area contributed by atoms with Crippen LogP contribution < -0.4 is 10.6 Å². The number of carbonyl (C=O) groups excluding carboxylic acids is 1. The van der Waals surface area contributed by atoms with Crippen molar-refractivity contribution >= 4 is 17.4 Å². The number of amides is 2. The molecule has 1 fully saturated rings. The topological polar surface area (TPSA) is 60.5 Å². The van der Waals surface area contributed by atoms with Crippen LogP contribution in [0.2, 0.25) is 0 Å². The third kappa shape index (κ3) is 6.37. The van der Waals surface area contributed by atoms with Gasteiger partial charge in [-0.25, -0.2) is 9.78 Å². The highest BCUT2D eigenvalue weighted by molar-refractivity contribution is 7.09. The van der Waals surface area contributed by atoms with E-state index in [4.69, 9.17) is 0 Å². The van der Waals surface area contributed by atoms with Crippen molar-refractivity contribution in [1.82, 2.24) is 25.4 Å². The van der Waals surface area contributed by atoms with Crippen molar-refractivity contribution in [3.05, 3.63) is 16.1 Å². The molecule has 1 aliphatic heterocycles. The van der Waals surface area contributed by atoms with Gasteiger partial charge in [0, 0.05) is 63.0 Å². The fraction of sp³-hybridized carbons (Fsp3) is 0.765. The van der Waals surface area contributed by atoms with Gasteiger partial charge in [0.15, 0.2) is 0 Å². The number of piperazine rings is 1. The predicted molar refractivity (Wildman–Crippen MR) is 99.8 cm³/mol. The van der Waals surface area contributed by atoms with Crippen LogP contribution in [-0.4, -0.2) is 73.2 Å². The molecule has 0 bridgehead atoms. The number of urea groups is 1. The molecule has 1 unspecified atom stereocenters. The first-order chi connectivity index (χ1) is 11.4. The first kappa shape index (κ1) is 19.1. The van der Waals surface area contributed by atoms with Gasteiger partial charge in [-0.15, -0.1) is 11.3 Å². The fourth-order valence-corrected chi connectivity index (χ4v) is 3.61. The summed E-state index contributed by atoms with van der Waals surface area (Å²) in [5.41, 5.74) is 1.06. The van der Waals surface area contributed by atoms with Gasteiger partial charge < -0.3 is 15.5 Å². The zero-order valence-electron chi connectivity index (χ0n) is 15.3. The minimum atomic E-state index is -0.0871. The third-order valence-electron chi connectivity index (χ3n) is 4.24. The Morgan fingerprint density at radius 1 is 1.29 bits per heavy atom. The summed E-state index contributed by atoms with van der Waals surface area (Å²) in [7, 11) is 2.15. The van der Waals surface area contributed by atoms with Crippen molar-refractivity contribution < 1.29 is 4.79 Å². The fourth-order valence-electron chi connectivity index (χ4n) is 2.74. The van der Waals surface area contributed by atoms with E-state index in [0.29, 0.717) is 12.5 Å². The average molecular weight is 354 g/mol. The van der Waals surface area contributed by atoms with Crippen molar-refractivity contribution in [2.24, 2.45) is 0 Å². The molecule has 2 heterocycles. The van der Waals surface area contributed by atoms with E-state index in [1.165, 1.54) is 0 Å². The Hall–Kier alpha value is -1.18. The second kappa shape index (κ2) is 9.34. The van der Waals surface area contributed by atoms with Crippen molar-refractivity contribution in [2.45, 2.75) is 39.2 Å². The minimum Gasteiger partial charge on any atom is -0.338 e. The lowest BCUT2D eigenvalue weighted by Crippen LogP contribution is -2.51. The molecule has 7 heteroatoms. The van der Waals surface area contributed by atoms with Gasteiger partial charge >= 0.3 is 6.03 Å². The summed E-state index contributed by atoms with van der Waals surface area (Å²) in [6, 6.07) is 0.0659. The SMILES string of the molecule is CC(CN1CCN(C)CC1)NC(=O)NCCc1csc(C(C)C)n1.